The van der Waals surface area contributed by atoms with Crippen LogP contribution in [0.3, 0.4) is 0 Å². The van der Waals surface area contributed by atoms with Crippen LogP contribution in [0.15, 0.2) is 30.5 Å². The molecule has 5 nitrogen and oxygen atoms in total. The van der Waals surface area contributed by atoms with Crippen molar-refractivity contribution in [1.29, 1.82) is 0 Å². The Hall–Kier alpha value is -2.51. The van der Waals surface area contributed by atoms with E-state index < -0.39 is 6.36 Å². The lowest BCUT2D eigenvalue weighted by Gasteiger charge is -2.23. The van der Waals surface area contributed by atoms with Crippen molar-refractivity contribution in [3.63, 3.8) is 0 Å². The van der Waals surface area contributed by atoms with Crippen LogP contribution in [0.5, 0.6) is 5.75 Å². The second-order valence-corrected chi connectivity index (χ2v) is 6.05. The Morgan fingerprint density at radius 3 is 2.76 bits per heavy atom. The summed E-state index contributed by atoms with van der Waals surface area (Å²) in [7, 11) is 1.88. The zero-order chi connectivity index (χ0) is 18.0. The molecule has 1 aromatic heterocycles. The second-order valence-electron chi connectivity index (χ2n) is 6.05. The summed E-state index contributed by atoms with van der Waals surface area (Å²) in [4.78, 5) is 12.3. The maximum Gasteiger partial charge on any atom is 0.573 e. The molecule has 0 saturated carbocycles. The molecule has 1 amide bonds. The van der Waals surface area contributed by atoms with Gasteiger partial charge in [-0.3, -0.25) is 9.48 Å². The van der Waals surface area contributed by atoms with E-state index in [1.54, 1.807) is 6.20 Å². The van der Waals surface area contributed by atoms with Gasteiger partial charge in [-0.05, 0) is 37.0 Å². The number of amides is 1. The van der Waals surface area contributed by atoms with Crippen LogP contribution in [-0.4, -0.2) is 22.1 Å². The van der Waals surface area contributed by atoms with Crippen molar-refractivity contribution in [3.8, 4) is 5.75 Å². The molecule has 3 rings (SSSR count). The van der Waals surface area contributed by atoms with Gasteiger partial charge in [-0.1, -0.05) is 12.1 Å². The number of ether oxygens (including phenoxy) is 1. The summed E-state index contributed by atoms with van der Waals surface area (Å²) in [6.07, 6.45) is -0.0783. The number of aryl methyl sites for hydroxylation is 1. The summed E-state index contributed by atoms with van der Waals surface area (Å²) in [5.74, 6) is -0.477. The third-order valence-electron chi connectivity index (χ3n) is 4.23. The zero-order valence-corrected chi connectivity index (χ0v) is 13.6. The summed E-state index contributed by atoms with van der Waals surface area (Å²) in [6, 6.07) is 5.25. The van der Waals surface area contributed by atoms with Gasteiger partial charge in [0, 0.05) is 18.3 Å². The number of carbonyl (C=O) groups is 1. The van der Waals surface area contributed by atoms with E-state index in [2.05, 4.69) is 15.2 Å². The number of fused-ring (bicyclic) bond motifs is 1. The molecule has 1 N–H and O–H groups in total. The van der Waals surface area contributed by atoms with Gasteiger partial charge >= 0.3 is 6.36 Å². The molecule has 0 aliphatic heterocycles. The van der Waals surface area contributed by atoms with Crippen molar-refractivity contribution in [2.45, 2.75) is 38.1 Å². The molecule has 0 spiro atoms. The van der Waals surface area contributed by atoms with Crippen molar-refractivity contribution >= 4 is 5.91 Å². The van der Waals surface area contributed by atoms with Crippen molar-refractivity contribution in [1.82, 2.24) is 15.1 Å². The van der Waals surface area contributed by atoms with E-state index in [0.717, 1.165) is 30.5 Å². The molecule has 0 radical (unpaired) electrons. The number of aromatic nitrogens is 2. The van der Waals surface area contributed by atoms with Gasteiger partial charge in [0.25, 0.3) is 0 Å². The third-order valence-corrected chi connectivity index (χ3v) is 4.23. The predicted molar refractivity (Wildman–Crippen MR) is 83.9 cm³/mol. The van der Waals surface area contributed by atoms with Gasteiger partial charge in [0.05, 0.1) is 18.7 Å². The van der Waals surface area contributed by atoms with Crippen molar-refractivity contribution < 1.29 is 22.7 Å². The summed E-state index contributed by atoms with van der Waals surface area (Å²) >= 11 is 0. The highest BCUT2D eigenvalue weighted by molar-refractivity contribution is 5.79. The van der Waals surface area contributed by atoms with E-state index in [9.17, 15) is 18.0 Å². The summed E-state index contributed by atoms with van der Waals surface area (Å²) in [6.45, 7) is 0. The SMILES string of the molecule is Cn1ncc2c1CCC[C@@H]2NC(=O)Cc1ccc(OC(F)(F)F)cc1. The lowest BCUT2D eigenvalue weighted by molar-refractivity contribution is -0.274. The average molecular weight is 353 g/mol. The van der Waals surface area contributed by atoms with Gasteiger partial charge in [0.1, 0.15) is 5.75 Å². The Kier molecular flexibility index (Phi) is 4.69. The van der Waals surface area contributed by atoms with Crippen LogP contribution in [0, 0.1) is 0 Å². The molecule has 1 aliphatic carbocycles. The molecule has 1 atom stereocenters. The van der Waals surface area contributed by atoms with Crippen LogP contribution in [0.1, 0.15) is 35.7 Å². The normalized spacial score (nSPS) is 17.0. The fraction of sp³-hybridized carbons (Fsp3) is 0.412. The minimum atomic E-state index is -4.72. The number of nitrogens with zero attached hydrogens (tertiary/aromatic N) is 2. The number of nitrogens with one attached hydrogen (secondary N) is 1. The van der Waals surface area contributed by atoms with Crippen molar-refractivity contribution in [2.75, 3.05) is 0 Å². The van der Waals surface area contributed by atoms with E-state index >= 15 is 0 Å². The molecule has 0 unspecified atom stereocenters. The molecule has 8 heteroatoms. The van der Waals surface area contributed by atoms with E-state index in [-0.39, 0.29) is 24.1 Å². The molecular formula is C17H18F3N3O2. The molecule has 134 valence electrons. The van der Waals surface area contributed by atoms with Gasteiger partial charge < -0.3 is 10.1 Å². The number of alkyl halides is 3. The number of halogens is 3. The van der Waals surface area contributed by atoms with E-state index in [1.165, 1.54) is 24.3 Å². The van der Waals surface area contributed by atoms with Gasteiger partial charge in [0.2, 0.25) is 5.91 Å². The maximum atomic E-state index is 12.3. The first-order valence-corrected chi connectivity index (χ1v) is 7.96. The fourth-order valence-electron chi connectivity index (χ4n) is 3.10. The number of rotatable bonds is 4. The first-order valence-electron chi connectivity index (χ1n) is 7.96. The standard InChI is InChI=1S/C17H18F3N3O2/c1-23-15-4-2-3-14(13(15)10-21-23)22-16(24)9-11-5-7-12(8-6-11)25-17(18,19)20/h5-8,10,14H,2-4,9H2,1H3,(H,22,24)/t14-/m0/s1. The lowest BCUT2D eigenvalue weighted by atomic mass is 9.93. The number of hydrogen-bond donors (Lipinski definition) is 1. The third kappa shape index (κ3) is 4.32. The van der Waals surface area contributed by atoms with Crippen LogP contribution in [0.2, 0.25) is 0 Å². The number of benzene rings is 1. The van der Waals surface area contributed by atoms with Crippen LogP contribution in [-0.2, 0) is 24.7 Å². The molecule has 2 aromatic rings. The molecule has 1 heterocycles. The van der Waals surface area contributed by atoms with Gasteiger partial charge in [0.15, 0.2) is 0 Å². The van der Waals surface area contributed by atoms with E-state index in [0.29, 0.717) is 5.56 Å². The Balaban J connectivity index is 1.60. The lowest BCUT2D eigenvalue weighted by Crippen LogP contribution is -2.32. The smallest absolute Gasteiger partial charge is 0.406 e. The number of hydrogen-bond acceptors (Lipinski definition) is 3. The minimum Gasteiger partial charge on any atom is -0.406 e. The largest absolute Gasteiger partial charge is 0.573 e. The van der Waals surface area contributed by atoms with Gasteiger partial charge in [-0.15, -0.1) is 13.2 Å². The Labute approximate surface area is 142 Å². The fourth-order valence-corrected chi connectivity index (χ4v) is 3.10. The van der Waals surface area contributed by atoms with Gasteiger partial charge in [-0.25, -0.2) is 0 Å². The molecule has 0 bridgehead atoms. The summed E-state index contributed by atoms with van der Waals surface area (Å²) < 4.78 is 42.1. The van der Waals surface area contributed by atoms with Crippen LogP contribution < -0.4 is 10.1 Å². The summed E-state index contributed by atoms with van der Waals surface area (Å²) in [5, 5.41) is 7.22. The zero-order valence-electron chi connectivity index (χ0n) is 13.6. The maximum absolute atomic E-state index is 12.3. The van der Waals surface area contributed by atoms with Crippen LogP contribution in [0.25, 0.3) is 0 Å². The van der Waals surface area contributed by atoms with Gasteiger partial charge in [-0.2, -0.15) is 5.10 Å². The second kappa shape index (κ2) is 6.78. The monoisotopic (exact) mass is 353 g/mol. The first-order chi connectivity index (χ1) is 11.8. The Morgan fingerprint density at radius 1 is 1.36 bits per heavy atom. The molecule has 25 heavy (non-hydrogen) atoms. The molecule has 1 aliphatic rings. The average Bonchev–Trinajstić information content (AvgIpc) is 2.91. The predicted octanol–water partition coefficient (Wildman–Crippen LogP) is 3.06. The Morgan fingerprint density at radius 2 is 2.08 bits per heavy atom. The highest BCUT2D eigenvalue weighted by Crippen LogP contribution is 2.29. The minimum absolute atomic E-state index is 0.0715. The topological polar surface area (TPSA) is 56.2 Å². The first kappa shape index (κ1) is 17.3. The molecule has 1 aromatic carbocycles. The Bertz CT molecular complexity index is 753. The van der Waals surface area contributed by atoms with Crippen LogP contribution >= 0.6 is 0 Å². The van der Waals surface area contributed by atoms with E-state index in [1.807, 2.05) is 11.7 Å². The highest BCUT2D eigenvalue weighted by Gasteiger charge is 2.31. The molecule has 0 saturated heterocycles. The van der Waals surface area contributed by atoms with Crippen LogP contribution in [0.4, 0.5) is 13.2 Å². The van der Waals surface area contributed by atoms with E-state index in [4.69, 9.17) is 0 Å². The van der Waals surface area contributed by atoms with Crippen molar-refractivity contribution in [2.24, 2.45) is 7.05 Å². The number of carbonyl (C=O) groups excluding carboxylic acids is 1. The van der Waals surface area contributed by atoms with Crippen molar-refractivity contribution in [3.05, 3.63) is 47.3 Å². The molecule has 0 fully saturated rings. The summed E-state index contributed by atoms with van der Waals surface area (Å²) in [5.41, 5.74) is 2.79. The highest BCUT2D eigenvalue weighted by atomic mass is 19.4. The molecular weight excluding hydrogens is 335 g/mol. The quantitative estimate of drug-likeness (QED) is 0.919.